The number of carboxylic acids is 1. The molecule has 1 heterocycles. The second kappa shape index (κ2) is 11.4. The Morgan fingerprint density at radius 2 is 1.59 bits per heavy atom. The van der Waals surface area contributed by atoms with E-state index in [1.165, 1.54) is 6.42 Å². The summed E-state index contributed by atoms with van der Waals surface area (Å²) in [7, 11) is 4.08. The highest BCUT2D eigenvalue weighted by Gasteiger charge is 2.46. The van der Waals surface area contributed by atoms with E-state index in [-0.39, 0.29) is 11.7 Å². The number of phenolic OH excluding ortho intramolecular Hbond substituents is 1. The molecule has 1 aliphatic heterocycles. The van der Waals surface area contributed by atoms with Crippen LogP contribution in [0.25, 0.3) is 0 Å². The monoisotopic (exact) mass is 457 g/mol. The second-order valence-electron chi connectivity index (χ2n) is 8.83. The van der Waals surface area contributed by atoms with E-state index >= 15 is 0 Å². The van der Waals surface area contributed by atoms with Crippen LogP contribution in [-0.4, -0.2) is 104 Å². The van der Waals surface area contributed by atoms with Crippen LogP contribution in [0.5, 0.6) is 5.75 Å². The largest absolute Gasteiger partial charge is 0.508 e. The quantitative estimate of drug-likeness (QED) is 0.309. The summed E-state index contributed by atoms with van der Waals surface area (Å²) in [6.45, 7) is 0.835. The third kappa shape index (κ3) is 6.61. The molecule has 0 amide bonds. The highest BCUT2D eigenvalue weighted by Crippen LogP contribution is 2.40. The van der Waals surface area contributed by atoms with Gasteiger partial charge >= 0.3 is 5.97 Å². The van der Waals surface area contributed by atoms with Gasteiger partial charge < -0.3 is 45.4 Å². The van der Waals surface area contributed by atoms with E-state index < -0.39 is 42.3 Å². The van der Waals surface area contributed by atoms with Gasteiger partial charge in [-0.15, -0.1) is 0 Å². The number of aromatic hydroxyl groups is 1. The summed E-state index contributed by atoms with van der Waals surface area (Å²) in [6.07, 6.45) is -3.51. The molecule has 1 saturated heterocycles. The van der Waals surface area contributed by atoms with E-state index in [0.717, 1.165) is 37.8 Å². The molecule has 7 N–H and O–H groups in total. The van der Waals surface area contributed by atoms with Crippen molar-refractivity contribution in [2.75, 3.05) is 20.6 Å². The van der Waals surface area contributed by atoms with E-state index in [2.05, 4.69) is 9.64 Å². The SMILES string of the molecule is CN(C)CC(c1ccc(O)cc1)C1(O)CCCCC1.O=C(O)[C@H]1OC(O)[C@H](O)[C@@H](O)[C@@H]1O. The Bertz CT molecular complexity index is 721. The Morgan fingerprint density at radius 3 is 2.09 bits per heavy atom. The van der Waals surface area contributed by atoms with Crippen LogP contribution in [0.4, 0.5) is 0 Å². The van der Waals surface area contributed by atoms with E-state index in [9.17, 15) is 15.0 Å². The number of carbonyl (C=O) groups is 1. The van der Waals surface area contributed by atoms with E-state index in [1.807, 2.05) is 26.2 Å². The van der Waals surface area contributed by atoms with Crippen molar-refractivity contribution in [1.82, 2.24) is 4.90 Å². The minimum absolute atomic E-state index is 0.114. The number of aliphatic hydroxyl groups is 5. The van der Waals surface area contributed by atoms with Gasteiger partial charge in [-0.2, -0.15) is 0 Å². The zero-order valence-electron chi connectivity index (χ0n) is 18.4. The topological polar surface area (TPSA) is 171 Å². The number of hydrogen-bond acceptors (Lipinski definition) is 9. The lowest BCUT2D eigenvalue weighted by atomic mass is 9.72. The molecule has 2 fully saturated rings. The second-order valence-corrected chi connectivity index (χ2v) is 8.83. The summed E-state index contributed by atoms with van der Waals surface area (Å²) in [4.78, 5) is 12.5. The molecule has 0 aromatic heterocycles. The molecule has 1 aromatic rings. The Hall–Kier alpha value is -1.79. The maximum absolute atomic E-state index is 11.0. The van der Waals surface area contributed by atoms with Gasteiger partial charge in [0, 0.05) is 12.5 Å². The number of nitrogens with zero attached hydrogens (tertiary/aromatic N) is 1. The first-order valence-electron chi connectivity index (χ1n) is 10.7. The molecule has 0 bridgehead atoms. The van der Waals surface area contributed by atoms with Crippen LogP contribution in [0.2, 0.25) is 0 Å². The van der Waals surface area contributed by atoms with Gasteiger partial charge in [-0.25, -0.2) is 4.79 Å². The summed E-state index contributed by atoms with van der Waals surface area (Å²) in [6, 6.07) is 7.31. The van der Waals surface area contributed by atoms with Gasteiger partial charge in [-0.3, -0.25) is 0 Å². The number of aliphatic carboxylic acids is 1. The zero-order valence-corrected chi connectivity index (χ0v) is 18.4. The van der Waals surface area contributed by atoms with Gasteiger partial charge in [0.05, 0.1) is 5.60 Å². The van der Waals surface area contributed by atoms with Crippen molar-refractivity contribution in [3.05, 3.63) is 29.8 Å². The molecule has 0 spiro atoms. The molecule has 2 unspecified atom stereocenters. The van der Waals surface area contributed by atoms with Crippen LogP contribution in [0.15, 0.2) is 24.3 Å². The minimum atomic E-state index is -1.81. The highest BCUT2D eigenvalue weighted by molar-refractivity contribution is 5.73. The minimum Gasteiger partial charge on any atom is -0.508 e. The standard InChI is InChI=1S/C16H25NO2.C6H10O7/c1-17(2)12-15(13-6-8-14(18)9-7-13)16(19)10-4-3-5-11-16;7-1-2(8)4(5(10)11)13-6(12)3(1)9/h6-9,15,18-19H,3-5,10-12H2,1-2H3;1-4,6-9,12H,(H,10,11)/t;1-,2-,3+,4-,6?/m.0/s1. The fourth-order valence-electron chi connectivity index (χ4n) is 4.24. The normalized spacial score (nSPS) is 30.8. The van der Waals surface area contributed by atoms with Crippen molar-refractivity contribution in [2.45, 2.75) is 74.3 Å². The Morgan fingerprint density at radius 1 is 1.03 bits per heavy atom. The third-order valence-corrected chi connectivity index (χ3v) is 6.04. The average Bonchev–Trinajstić information content (AvgIpc) is 2.74. The summed E-state index contributed by atoms with van der Waals surface area (Å²) in [5.74, 6) is -1.12. The molecule has 2 aliphatic rings. The number of ether oxygens (including phenoxy) is 1. The van der Waals surface area contributed by atoms with Crippen molar-refractivity contribution in [3.8, 4) is 5.75 Å². The number of hydrogen-bond donors (Lipinski definition) is 7. The van der Waals surface area contributed by atoms with Crippen LogP contribution in [0, 0.1) is 0 Å². The molecule has 1 saturated carbocycles. The summed E-state index contributed by atoms with van der Waals surface area (Å²) >= 11 is 0. The molecule has 3 rings (SSSR count). The van der Waals surface area contributed by atoms with Gasteiger partial charge in [0.15, 0.2) is 12.4 Å². The fourth-order valence-corrected chi connectivity index (χ4v) is 4.24. The van der Waals surface area contributed by atoms with Crippen LogP contribution in [0.3, 0.4) is 0 Å². The molecule has 32 heavy (non-hydrogen) atoms. The van der Waals surface area contributed by atoms with E-state index in [1.54, 1.807) is 12.1 Å². The van der Waals surface area contributed by atoms with Crippen LogP contribution in [-0.2, 0) is 9.53 Å². The number of rotatable bonds is 5. The van der Waals surface area contributed by atoms with Crippen molar-refractivity contribution < 1.29 is 45.3 Å². The number of benzene rings is 1. The number of likely N-dealkylation sites (N-methyl/N-ethyl adjacent to an activating group) is 1. The molecule has 1 aliphatic carbocycles. The lowest BCUT2D eigenvalue weighted by Gasteiger charge is -2.40. The molecule has 10 heteroatoms. The summed E-state index contributed by atoms with van der Waals surface area (Å²) < 4.78 is 4.34. The zero-order chi connectivity index (χ0) is 24.1. The molecule has 6 atom stereocenters. The number of aliphatic hydroxyl groups excluding tert-OH is 4. The van der Waals surface area contributed by atoms with Crippen molar-refractivity contribution in [2.24, 2.45) is 0 Å². The molecule has 10 nitrogen and oxygen atoms in total. The Labute approximate surface area is 187 Å². The van der Waals surface area contributed by atoms with Gasteiger partial charge in [-0.1, -0.05) is 31.4 Å². The van der Waals surface area contributed by atoms with E-state index in [4.69, 9.17) is 25.5 Å². The Balaban J connectivity index is 0.000000244. The predicted molar refractivity (Wildman–Crippen MR) is 114 cm³/mol. The summed E-state index contributed by atoms with van der Waals surface area (Å²) in [5, 5.41) is 64.8. The lowest BCUT2D eigenvalue weighted by molar-refractivity contribution is -0.279. The maximum atomic E-state index is 11.0. The lowest BCUT2D eigenvalue weighted by Crippen LogP contribution is -2.59. The van der Waals surface area contributed by atoms with Crippen molar-refractivity contribution in [3.63, 3.8) is 0 Å². The van der Waals surface area contributed by atoms with Crippen LogP contribution < -0.4 is 0 Å². The van der Waals surface area contributed by atoms with Crippen LogP contribution in [0.1, 0.15) is 43.6 Å². The molecular formula is C22H35NO9. The van der Waals surface area contributed by atoms with E-state index in [0.29, 0.717) is 0 Å². The average molecular weight is 458 g/mol. The fraction of sp³-hybridized carbons (Fsp3) is 0.682. The first kappa shape index (κ1) is 26.5. The number of phenols is 1. The van der Waals surface area contributed by atoms with Crippen LogP contribution >= 0.6 is 0 Å². The van der Waals surface area contributed by atoms with Crippen molar-refractivity contribution in [1.29, 1.82) is 0 Å². The smallest absolute Gasteiger partial charge is 0.335 e. The molecule has 182 valence electrons. The first-order chi connectivity index (χ1) is 15.0. The first-order valence-corrected chi connectivity index (χ1v) is 10.7. The van der Waals surface area contributed by atoms with Crippen molar-refractivity contribution >= 4 is 5.97 Å². The van der Waals surface area contributed by atoms with Gasteiger partial charge in [0.25, 0.3) is 0 Å². The highest BCUT2D eigenvalue weighted by atomic mass is 16.6. The van der Waals surface area contributed by atoms with Gasteiger partial charge in [0.1, 0.15) is 24.1 Å². The Kier molecular flexibility index (Phi) is 9.40. The maximum Gasteiger partial charge on any atom is 0.335 e. The van der Waals surface area contributed by atoms with Gasteiger partial charge in [0.2, 0.25) is 0 Å². The third-order valence-electron chi connectivity index (χ3n) is 6.04. The summed E-state index contributed by atoms with van der Waals surface area (Å²) in [5.41, 5.74) is 0.523. The number of carboxylic acid groups (broad SMARTS) is 1. The van der Waals surface area contributed by atoms with Gasteiger partial charge in [-0.05, 0) is 44.6 Å². The molecular weight excluding hydrogens is 422 g/mol. The predicted octanol–water partition coefficient (Wildman–Crippen LogP) is -0.396. The molecule has 1 aromatic carbocycles. The molecule has 0 radical (unpaired) electrons.